The highest BCUT2D eigenvalue weighted by Crippen LogP contribution is 2.24. The molecule has 2 heterocycles. The van der Waals surface area contributed by atoms with Crippen molar-refractivity contribution in [1.82, 2.24) is 15.1 Å². The fourth-order valence-corrected chi connectivity index (χ4v) is 2.67. The maximum absolute atomic E-state index is 12.4. The molecule has 1 unspecified atom stereocenters. The molecule has 0 bridgehead atoms. The Bertz CT molecular complexity index is 508. The molecule has 0 radical (unpaired) electrons. The number of nitrogens with zero attached hydrogens (tertiary/aromatic N) is 2. The van der Waals surface area contributed by atoms with Gasteiger partial charge in [-0.2, -0.15) is 5.10 Å². The Morgan fingerprint density at radius 3 is 2.90 bits per heavy atom. The molecule has 6 nitrogen and oxygen atoms in total. The van der Waals surface area contributed by atoms with Crippen LogP contribution in [0, 0.1) is 6.92 Å². The standard InChI is InChI=1S/C14H24N4O2/c1-5-18-12(11(15)9(2)17-18)13(19)16-10-6-7-20-14(3,4)8-10/h10H,5-8,15H2,1-4H3,(H,16,19). The van der Waals surface area contributed by atoms with E-state index in [4.69, 9.17) is 10.5 Å². The number of ether oxygens (including phenoxy) is 1. The third-order valence-corrected chi connectivity index (χ3v) is 3.72. The zero-order chi connectivity index (χ0) is 14.9. The molecule has 1 amide bonds. The van der Waals surface area contributed by atoms with Gasteiger partial charge in [-0.15, -0.1) is 0 Å². The zero-order valence-corrected chi connectivity index (χ0v) is 12.7. The van der Waals surface area contributed by atoms with Gasteiger partial charge >= 0.3 is 0 Å². The third kappa shape index (κ3) is 2.95. The van der Waals surface area contributed by atoms with Gasteiger partial charge in [-0.05, 0) is 40.5 Å². The number of aromatic nitrogens is 2. The first-order valence-electron chi connectivity index (χ1n) is 7.11. The van der Waals surface area contributed by atoms with Crippen LogP contribution in [-0.4, -0.2) is 33.9 Å². The summed E-state index contributed by atoms with van der Waals surface area (Å²) in [6.07, 6.45) is 1.63. The molecule has 1 fully saturated rings. The van der Waals surface area contributed by atoms with E-state index in [1.54, 1.807) is 4.68 Å². The smallest absolute Gasteiger partial charge is 0.271 e. The molecular weight excluding hydrogens is 256 g/mol. The monoisotopic (exact) mass is 280 g/mol. The predicted molar refractivity (Wildman–Crippen MR) is 77.6 cm³/mol. The number of rotatable bonds is 3. The van der Waals surface area contributed by atoms with E-state index in [2.05, 4.69) is 10.4 Å². The van der Waals surface area contributed by atoms with Gasteiger partial charge in [0.05, 0.1) is 17.0 Å². The number of nitrogen functional groups attached to an aromatic ring is 1. The van der Waals surface area contributed by atoms with Crippen molar-refractivity contribution in [2.24, 2.45) is 0 Å². The molecule has 2 rings (SSSR count). The molecule has 1 aliphatic rings. The van der Waals surface area contributed by atoms with E-state index in [0.717, 1.165) is 12.8 Å². The van der Waals surface area contributed by atoms with Crippen molar-refractivity contribution in [1.29, 1.82) is 0 Å². The Morgan fingerprint density at radius 1 is 1.60 bits per heavy atom. The number of carbonyl (C=O) groups excluding carboxylic acids is 1. The van der Waals surface area contributed by atoms with Crippen LogP contribution in [-0.2, 0) is 11.3 Å². The number of carbonyl (C=O) groups is 1. The van der Waals surface area contributed by atoms with Crippen LogP contribution in [0.5, 0.6) is 0 Å². The summed E-state index contributed by atoms with van der Waals surface area (Å²) < 4.78 is 7.32. The first-order valence-corrected chi connectivity index (χ1v) is 7.11. The van der Waals surface area contributed by atoms with Crippen molar-refractivity contribution in [3.63, 3.8) is 0 Å². The van der Waals surface area contributed by atoms with Crippen molar-refractivity contribution in [3.8, 4) is 0 Å². The summed E-state index contributed by atoms with van der Waals surface area (Å²) in [5, 5.41) is 7.34. The topological polar surface area (TPSA) is 82.2 Å². The number of hydrogen-bond acceptors (Lipinski definition) is 4. The van der Waals surface area contributed by atoms with Gasteiger partial charge in [0.2, 0.25) is 0 Å². The summed E-state index contributed by atoms with van der Waals surface area (Å²) in [6, 6.07) is 0.117. The van der Waals surface area contributed by atoms with Gasteiger partial charge in [0, 0.05) is 19.2 Å². The molecule has 3 N–H and O–H groups in total. The second-order valence-corrected chi connectivity index (χ2v) is 5.93. The second-order valence-electron chi connectivity index (χ2n) is 5.93. The number of anilines is 1. The summed E-state index contributed by atoms with van der Waals surface area (Å²) >= 11 is 0. The third-order valence-electron chi connectivity index (χ3n) is 3.72. The maximum atomic E-state index is 12.4. The quantitative estimate of drug-likeness (QED) is 0.878. The normalized spacial score (nSPS) is 21.7. The Kier molecular flexibility index (Phi) is 4.04. The van der Waals surface area contributed by atoms with Gasteiger partial charge < -0.3 is 15.8 Å². The Hall–Kier alpha value is -1.56. The van der Waals surface area contributed by atoms with Crippen LogP contribution in [0.25, 0.3) is 0 Å². The lowest BCUT2D eigenvalue weighted by molar-refractivity contribution is -0.0615. The van der Waals surface area contributed by atoms with Crippen molar-refractivity contribution < 1.29 is 9.53 Å². The molecule has 20 heavy (non-hydrogen) atoms. The summed E-state index contributed by atoms with van der Waals surface area (Å²) in [5.74, 6) is -0.146. The summed E-state index contributed by atoms with van der Waals surface area (Å²) in [6.45, 7) is 9.13. The molecule has 0 spiro atoms. The van der Waals surface area contributed by atoms with E-state index >= 15 is 0 Å². The maximum Gasteiger partial charge on any atom is 0.271 e. The molecule has 0 saturated carbocycles. The Morgan fingerprint density at radius 2 is 2.30 bits per heavy atom. The van der Waals surface area contributed by atoms with Crippen molar-refractivity contribution in [2.75, 3.05) is 12.3 Å². The van der Waals surface area contributed by atoms with Gasteiger partial charge in [0.1, 0.15) is 5.69 Å². The lowest BCUT2D eigenvalue weighted by atomic mass is 9.94. The van der Waals surface area contributed by atoms with Crippen LogP contribution < -0.4 is 11.1 Å². The highest BCUT2D eigenvalue weighted by atomic mass is 16.5. The minimum absolute atomic E-state index is 0.117. The fourth-order valence-electron chi connectivity index (χ4n) is 2.67. The van der Waals surface area contributed by atoms with Crippen molar-refractivity contribution >= 4 is 11.6 Å². The molecule has 1 aliphatic heterocycles. The molecule has 0 aromatic carbocycles. The highest BCUT2D eigenvalue weighted by Gasteiger charge is 2.31. The molecule has 1 atom stereocenters. The lowest BCUT2D eigenvalue weighted by Crippen LogP contribution is -2.46. The first-order chi connectivity index (χ1) is 9.34. The number of hydrogen-bond donors (Lipinski definition) is 2. The minimum Gasteiger partial charge on any atom is -0.395 e. The molecule has 0 aliphatic carbocycles. The van der Waals surface area contributed by atoms with Gasteiger partial charge in [0.15, 0.2) is 0 Å². The van der Waals surface area contributed by atoms with Crippen LogP contribution in [0.3, 0.4) is 0 Å². The van der Waals surface area contributed by atoms with E-state index < -0.39 is 0 Å². The van der Waals surface area contributed by atoms with Crippen LogP contribution in [0.1, 0.15) is 49.8 Å². The Labute approximate surface area is 119 Å². The average molecular weight is 280 g/mol. The summed E-state index contributed by atoms with van der Waals surface area (Å²) in [5.41, 5.74) is 7.41. The molecule has 112 valence electrons. The van der Waals surface area contributed by atoms with Crippen molar-refractivity contribution in [2.45, 2.75) is 58.7 Å². The van der Waals surface area contributed by atoms with Gasteiger partial charge in [-0.1, -0.05) is 0 Å². The van der Waals surface area contributed by atoms with E-state index in [-0.39, 0.29) is 17.6 Å². The first kappa shape index (κ1) is 14.8. The molecule has 6 heteroatoms. The minimum atomic E-state index is -0.192. The van der Waals surface area contributed by atoms with E-state index in [1.807, 2.05) is 27.7 Å². The van der Waals surface area contributed by atoms with Gasteiger partial charge in [0.25, 0.3) is 5.91 Å². The van der Waals surface area contributed by atoms with Crippen LogP contribution in [0.2, 0.25) is 0 Å². The number of aryl methyl sites for hydroxylation is 2. The SMILES string of the molecule is CCn1nc(C)c(N)c1C(=O)NC1CCOC(C)(C)C1. The molecule has 1 aromatic rings. The van der Waals surface area contributed by atoms with Crippen molar-refractivity contribution in [3.05, 3.63) is 11.4 Å². The Balaban J connectivity index is 2.12. The number of amides is 1. The second kappa shape index (κ2) is 5.44. The molecular formula is C14H24N4O2. The summed E-state index contributed by atoms with van der Waals surface area (Å²) in [7, 11) is 0. The summed E-state index contributed by atoms with van der Waals surface area (Å²) in [4.78, 5) is 12.4. The van der Waals surface area contributed by atoms with Gasteiger partial charge in [-0.25, -0.2) is 0 Å². The zero-order valence-electron chi connectivity index (χ0n) is 12.7. The van der Waals surface area contributed by atoms with E-state index in [1.165, 1.54) is 0 Å². The molecule has 1 saturated heterocycles. The fraction of sp³-hybridized carbons (Fsp3) is 0.714. The molecule has 1 aromatic heterocycles. The lowest BCUT2D eigenvalue weighted by Gasteiger charge is -2.35. The average Bonchev–Trinajstić information content (AvgIpc) is 2.64. The largest absolute Gasteiger partial charge is 0.395 e. The predicted octanol–water partition coefficient (Wildman–Crippen LogP) is 1.48. The number of nitrogens with two attached hydrogens (primary N) is 1. The van der Waals surface area contributed by atoms with Crippen LogP contribution >= 0.6 is 0 Å². The highest BCUT2D eigenvalue weighted by molar-refractivity contribution is 5.98. The number of nitrogens with one attached hydrogen (secondary N) is 1. The van der Waals surface area contributed by atoms with E-state index in [0.29, 0.717) is 30.2 Å². The van der Waals surface area contributed by atoms with E-state index in [9.17, 15) is 4.79 Å². The van der Waals surface area contributed by atoms with Crippen LogP contribution in [0.15, 0.2) is 0 Å². The van der Waals surface area contributed by atoms with Gasteiger partial charge in [-0.3, -0.25) is 9.48 Å². The van der Waals surface area contributed by atoms with Crippen LogP contribution in [0.4, 0.5) is 5.69 Å².